The largest absolute Gasteiger partial charge is 0.507 e. The summed E-state index contributed by atoms with van der Waals surface area (Å²) in [5.74, 6) is 0.844. The summed E-state index contributed by atoms with van der Waals surface area (Å²) in [6.45, 7) is 1.36. The van der Waals surface area contributed by atoms with Gasteiger partial charge in [-0.2, -0.15) is 0 Å². The molecular formula is C24H23NO5. The van der Waals surface area contributed by atoms with Crippen molar-refractivity contribution in [2.24, 2.45) is 0 Å². The van der Waals surface area contributed by atoms with Crippen LogP contribution in [0.15, 0.2) is 76.2 Å². The van der Waals surface area contributed by atoms with Crippen molar-refractivity contribution in [3.05, 3.63) is 77.2 Å². The van der Waals surface area contributed by atoms with E-state index in [0.717, 1.165) is 24.9 Å². The average Bonchev–Trinajstić information content (AvgIpc) is 3.27. The topological polar surface area (TPSA) is 73.8 Å². The molecule has 0 unspecified atom stereocenters. The van der Waals surface area contributed by atoms with Crippen LogP contribution in [0.2, 0.25) is 0 Å². The number of nitrogens with zero attached hydrogens (tertiary/aromatic N) is 1. The molecule has 0 aliphatic rings. The zero-order valence-electron chi connectivity index (χ0n) is 16.7. The summed E-state index contributed by atoms with van der Waals surface area (Å²) in [5.41, 5.74) is 0.588. The van der Waals surface area contributed by atoms with Crippen molar-refractivity contribution in [3.63, 3.8) is 0 Å². The third-order valence-corrected chi connectivity index (χ3v) is 4.90. The van der Waals surface area contributed by atoms with Gasteiger partial charge in [0, 0.05) is 36.6 Å². The number of phenolic OH excluding ortho intramolecular Hbond substituents is 1. The van der Waals surface area contributed by atoms with E-state index in [1.54, 1.807) is 0 Å². The van der Waals surface area contributed by atoms with E-state index >= 15 is 0 Å². The lowest BCUT2D eigenvalue weighted by Gasteiger charge is -2.14. The van der Waals surface area contributed by atoms with Crippen molar-refractivity contribution in [1.29, 1.82) is 0 Å². The molecule has 0 aliphatic heterocycles. The summed E-state index contributed by atoms with van der Waals surface area (Å²) >= 11 is 0. The van der Waals surface area contributed by atoms with Crippen LogP contribution in [0.5, 0.6) is 17.2 Å². The van der Waals surface area contributed by atoms with E-state index in [1.807, 2.05) is 54.9 Å². The normalized spacial score (nSPS) is 11.0. The number of phenols is 1. The van der Waals surface area contributed by atoms with Crippen molar-refractivity contribution in [1.82, 2.24) is 4.57 Å². The van der Waals surface area contributed by atoms with Crippen LogP contribution in [-0.2, 0) is 6.54 Å². The Morgan fingerprint density at radius 3 is 2.53 bits per heavy atom. The summed E-state index contributed by atoms with van der Waals surface area (Å²) < 4.78 is 19.5. The molecule has 2 aromatic carbocycles. The Bertz CT molecular complexity index is 1180. The third kappa shape index (κ3) is 4.03. The molecule has 2 aromatic heterocycles. The number of fused-ring (bicyclic) bond motifs is 1. The second-order valence-electron chi connectivity index (χ2n) is 6.95. The van der Waals surface area contributed by atoms with Gasteiger partial charge in [-0.3, -0.25) is 4.79 Å². The lowest BCUT2D eigenvalue weighted by molar-refractivity contribution is 0.282. The maximum atomic E-state index is 12.7. The maximum Gasteiger partial charge on any atom is 0.205 e. The van der Waals surface area contributed by atoms with Crippen LogP contribution < -0.4 is 14.9 Å². The summed E-state index contributed by atoms with van der Waals surface area (Å²) in [5, 5.41) is 10.5. The van der Waals surface area contributed by atoms with Crippen LogP contribution in [0.25, 0.3) is 22.3 Å². The number of aromatic hydroxyl groups is 1. The third-order valence-electron chi connectivity index (χ3n) is 4.90. The molecule has 154 valence electrons. The zero-order chi connectivity index (χ0) is 20.9. The first-order chi connectivity index (χ1) is 14.7. The van der Waals surface area contributed by atoms with E-state index < -0.39 is 0 Å². The lowest BCUT2D eigenvalue weighted by atomic mass is 10.1. The van der Waals surface area contributed by atoms with Crippen molar-refractivity contribution in [2.75, 3.05) is 13.7 Å². The molecule has 30 heavy (non-hydrogen) atoms. The lowest BCUT2D eigenvalue weighted by Crippen LogP contribution is -2.05. The summed E-state index contributed by atoms with van der Waals surface area (Å²) in [6.07, 6.45) is 5.83. The Morgan fingerprint density at radius 2 is 1.80 bits per heavy atom. The molecule has 4 rings (SSSR count). The Kier molecular flexibility index (Phi) is 5.75. The molecule has 0 amide bonds. The van der Waals surface area contributed by atoms with E-state index in [2.05, 4.69) is 4.57 Å². The van der Waals surface area contributed by atoms with Crippen molar-refractivity contribution in [2.45, 2.75) is 19.4 Å². The van der Waals surface area contributed by atoms with Crippen LogP contribution in [0.3, 0.4) is 0 Å². The standard InChI is InChI=1S/C24H23NO5/c1-28-23-21(29-14-8-7-13-25-11-5-6-12-25)16-19(27)22-18(26)15-20(30-24(22)23)17-9-3-2-4-10-17/h2-6,9-12,15-16,27H,7-8,13-14H2,1H3. The van der Waals surface area contributed by atoms with Gasteiger partial charge >= 0.3 is 0 Å². The number of ether oxygens (including phenoxy) is 2. The number of benzene rings is 2. The van der Waals surface area contributed by atoms with Gasteiger partial charge in [-0.1, -0.05) is 30.3 Å². The Hall–Kier alpha value is -3.67. The van der Waals surface area contributed by atoms with Crippen molar-refractivity contribution < 1.29 is 19.0 Å². The fraction of sp³-hybridized carbons (Fsp3) is 0.208. The van der Waals surface area contributed by atoms with E-state index in [-0.39, 0.29) is 22.1 Å². The highest BCUT2D eigenvalue weighted by molar-refractivity contribution is 5.91. The van der Waals surface area contributed by atoms with E-state index in [1.165, 1.54) is 19.2 Å². The number of aromatic nitrogens is 1. The maximum absolute atomic E-state index is 12.7. The van der Waals surface area contributed by atoms with Crippen molar-refractivity contribution in [3.8, 4) is 28.6 Å². The number of unbranched alkanes of at least 4 members (excludes halogenated alkanes) is 1. The van der Waals surface area contributed by atoms with E-state index in [9.17, 15) is 9.90 Å². The van der Waals surface area contributed by atoms with Crippen LogP contribution in [-0.4, -0.2) is 23.4 Å². The number of hydrogen-bond donors (Lipinski definition) is 1. The average molecular weight is 405 g/mol. The number of rotatable bonds is 8. The number of methoxy groups -OCH3 is 1. The first-order valence-corrected chi connectivity index (χ1v) is 9.84. The van der Waals surface area contributed by atoms with Crippen LogP contribution in [0, 0.1) is 0 Å². The van der Waals surface area contributed by atoms with Gasteiger partial charge in [-0.15, -0.1) is 0 Å². The predicted molar refractivity (Wildman–Crippen MR) is 115 cm³/mol. The van der Waals surface area contributed by atoms with Gasteiger partial charge in [0.05, 0.1) is 13.7 Å². The number of hydrogen-bond acceptors (Lipinski definition) is 5. The Morgan fingerprint density at radius 1 is 1.03 bits per heavy atom. The molecule has 0 aliphatic carbocycles. The molecule has 2 heterocycles. The fourth-order valence-corrected chi connectivity index (χ4v) is 3.41. The highest BCUT2D eigenvalue weighted by Gasteiger charge is 2.20. The smallest absolute Gasteiger partial charge is 0.205 e. The minimum Gasteiger partial charge on any atom is -0.507 e. The summed E-state index contributed by atoms with van der Waals surface area (Å²) in [7, 11) is 1.49. The van der Waals surface area contributed by atoms with Gasteiger partial charge in [0.25, 0.3) is 0 Å². The zero-order valence-corrected chi connectivity index (χ0v) is 16.7. The van der Waals surface area contributed by atoms with Crippen LogP contribution >= 0.6 is 0 Å². The van der Waals surface area contributed by atoms with Gasteiger partial charge in [0.2, 0.25) is 5.75 Å². The molecular weight excluding hydrogens is 382 g/mol. The molecule has 0 radical (unpaired) electrons. The fourth-order valence-electron chi connectivity index (χ4n) is 3.41. The van der Waals surface area contributed by atoms with E-state index in [0.29, 0.717) is 23.9 Å². The second-order valence-corrected chi connectivity index (χ2v) is 6.95. The summed E-state index contributed by atoms with van der Waals surface area (Å²) in [4.78, 5) is 12.7. The minimum absolute atomic E-state index is 0.0755. The summed E-state index contributed by atoms with van der Waals surface area (Å²) in [6, 6.07) is 16.1. The SMILES string of the molecule is COc1c(OCCCCn2cccc2)cc(O)c2c(=O)cc(-c3ccccc3)oc12. The van der Waals surface area contributed by atoms with Gasteiger partial charge in [-0.25, -0.2) is 0 Å². The molecule has 0 fully saturated rings. The van der Waals surface area contributed by atoms with Gasteiger partial charge in [-0.05, 0) is 25.0 Å². The van der Waals surface area contributed by atoms with Gasteiger partial charge in [0.1, 0.15) is 16.9 Å². The molecule has 6 heteroatoms. The van der Waals surface area contributed by atoms with Gasteiger partial charge in [0.15, 0.2) is 16.8 Å². The first kappa shape index (κ1) is 19.6. The molecule has 1 N–H and O–H groups in total. The van der Waals surface area contributed by atoms with Gasteiger partial charge < -0.3 is 23.6 Å². The number of aryl methyl sites for hydroxylation is 1. The molecule has 0 bridgehead atoms. The van der Waals surface area contributed by atoms with Crippen molar-refractivity contribution >= 4 is 11.0 Å². The molecule has 4 aromatic rings. The molecule has 0 saturated heterocycles. The predicted octanol–water partition coefficient (Wildman–Crippen LogP) is 4.83. The Labute approximate surface area is 173 Å². The molecule has 0 atom stereocenters. The van der Waals surface area contributed by atoms with Crippen LogP contribution in [0.4, 0.5) is 0 Å². The minimum atomic E-state index is -0.343. The first-order valence-electron chi connectivity index (χ1n) is 9.84. The van der Waals surface area contributed by atoms with E-state index in [4.69, 9.17) is 13.9 Å². The highest BCUT2D eigenvalue weighted by atomic mass is 16.5. The molecule has 0 saturated carbocycles. The molecule has 0 spiro atoms. The van der Waals surface area contributed by atoms with Crippen LogP contribution in [0.1, 0.15) is 12.8 Å². The quantitative estimate of drug-likeness (QED) is 0.425. The second kappa shape index (κ2) is 8.78. The Balaban J connectivity index is 1.61. The monoisotopic (exact) mass is 405 g/mol. The molecule has 6 nitrogen and oxygen atoms in total. The highest BCUT2D eigenvalue weighted by Crippen LogP contribution is 2.41.